The number of amides is 2. The van der Waals surface area contributed by atoms with Crippen molar-refractivity contribution in [3.05, 3.63) is 106 Å². The summed E-state index contributed by atoms with van der Waals surface area (Å²) in [6.45, 7) is 5.12. The van der Waals surface area contributed by atoms with E-state index in [0.29, 0.717) is 38.3 Å². The number of hydrogen-bond acceptors (Lipinski definition) is 5. The molecule has 3 aromatic heterocycles. The van der Waals surface area contributed by atoms with Crippen LogP contribution >= 0.6 is 23.7 Å². The van der Waals surface area contributed by atoms with E-state index in [4.69, 9.17) is 0 Å². The normalized spacial score (nSPS) is 13.2. The van der Waals surface area contributed by atoms with Crippen molar-refractivity contribution in [1.82, 2.24) is 19.8 Å². The number of nitrogens with one attached hydrogen (secondary N) is 1. The van der Waals surface area contributed by atoms with Gasteiger partial charge in [0.25, 0.3) is 11.8 Å². The molecule has 210 valence electrons. The quantitative estimate of drug-likeness (QED) is 0.268. The molecule has 0 aliphatic carbocycles. The van der Waals surface area contributed by atoms with E-state index in [1.165, 1.54) is 0 Å². The van der Waals surface area contributed by atoms with E-state index in [1.54, 1.807) is 17.5 Å². The first-order chi connectivity index (χ1) is 19.5. The number of rotatable bonds is 6. The molecule has 7 nitrogen and oxygen atoms in total. The van der Waals surface area contributed by atoms with E-state index in [0.717, 1.165) is 44.0 Å². The van der Waals surface area contributed by atoms with Crippen molar-refractivity contribution in [2.75, 3.05) is 31.1 Å². The molecule has 2 amide bonds. The van der Waals surface area contributed by atoms with E-state index in [1.807, 2.05) is 59.8 Å². The molecule has 1 saturated heterocycles. The minimum absolute atomic E-state index is 0. The maximum absolute atomic E-state index is 14.1. The number of anilines is 1. The number of aryl methyl sites for hydroxylation is 2. The first kappa shape index (κ1) is 28.4. The summed E-state index contributed by atoms with van der Waals surface area (Å²) in [5, 5.41) is 5.93. The van der Waals surface area contributed by atoms with Crippen LogP contribution in [0.25, 0.3) is 22.2 Å². The number of nitrogens with zero attached hydrogens (tertiary/aromatic N) is 4. The molecule has 0 spiro atoms. The summed E-state index contributed by atoms with van der Waals surface area (Å²) >= 11 is 1.62. The number of benzene rings is 2. The van der Waals surface area contributed by atoms with Crippen molar-refractivity contribution in [3.63, 3.8) is 0 Å². The average Bonchev–Trinajstić information content (AvgIpc) is 3.62. The molecule has 1 fully saturated rings. The van der Waals surface area contributed by atoms with Gasteiger partial charge < -0.3 is 19.7 Å². The van der Waals surface area contributed by atoms with Gasteiger partial charge in [0.2, 0.25) is 0 Å². The Morgan fingerprint density at radius 2 is 1.73 bits per heavy atom. The van der Waals surface area contributed by atoms with Crippen LogP contribution in [-0.4, -0.2) is 52.4 Å². The summed E-state index contributed by atoms with van der Waals surface area (Å²) in [6, 6.07) is 24.1. The number of carbonyl (C=O) groups is 2. The molecule has 1 N–H and O–H groups in total. The largest absolute Gasteiger partial charge is 0.353 e. The fraction of sp³-hybridized carbons (Fsp3) is 0.219. The zero-order valence-corrected chi connectivity index (χ0v) is 24.7. The molecule has 9 heteroatoms. The van der Waals surface area contributed by atoms with Crippen LogP contribution in [0.4, 0.5) is 5.82 Å². The van der Waals surface area contributed by atoms with Gasteiger partial charge in [0.1, 0.15) is 5.82 Å². The highest BCUT2D eigenvalue weighted by Crippen LogP contribution is 2.35. The molecule has 0 radical (unpaired) electrons. The van der Waals surface area contributed by atoms with Gasteiger partial charge in [-0.25, -0.2) is 4.98 Å². The summed E-state index contributed by atoms with van der Waals surface area (Å²) < 4.78 is 2.13. The maximum atomic E-state index is 14.1. The molecule has 0 atom stereocenters. The van der Waals surface area contributed by atoms with Crippen LogP contribution in [0.15, 0.2) is 84.4 Å². The Kier molecular flexibility index (Phi) is 8.42. The minimum Gasteiger partial charge on any atom is -0.353 e. The second-order valence-corrected chi connectivity index (χ2v) is 11.1. The number of fused-ring (bicyclic) bond motifs is 1. The summed E-state index contributed by atoms with van der Waals surface area (Å²) in [6.07, 6.45) is 1.63. The number of piperazine rings is 1. The van der Waals surface area contributed by atoms with Crippen LogP contribution in [-0.2, 0) is 13.6 Å². The Balaban J connectivity index is 0.00000337. The van der Waals surface area contributed by atoms with Gasteiger partial charge in [0, 0.05) is 55.2 Å². The molecular formula is C32H32ClN5O2S. The molecule has 0 bridgehead atoms. The number of halogens is 1. The Bertz CT molecular complexity index is 1660. The van der Waals surface area contributed by atoms with Crippen LogP contribution < -0.4 is 10.2 Å². The molecule has 4 heterocycles. The van der Waals surface area contributed by atoms with Crippen LogP contribution in [0, 0.1) is 6.92 Å². The molecule has 6 rings (SSSR count). The summed E-state index contributed by atoms with van der Waals surface area (Å²) in [4.78, 5) is 36.4. The number of thiophene rings is 1. The van der Waals surface area contributed by atoms with Gasteiger partial charge in [0.15, 0.2) is 0 Å². The van der Waals surface area contributed by atoms with Gasteiger partial charge >= 0.3 is 0 Å². The van der Waals surface area contributed by atoms with Crippen molar-refractivity contribution >= 4 is 52.3 Å². The molecule has 1 aliphatic heterocycles. The second kappa shape index (κ2) is 12.2. The standard InChI is InChI=1S/C32H31N5O2S.ClH/c1-22-10-12-27-26(19-22)29(30(35(27)2)23-7-4-3-5-8-23)32(39)37-16-14-36(15-17-37)28-13-11-24(20-33-28)31(38)34-21-25-9-6-18-40-25;/h3-13,18-20H,14-17,21H2,1-2H3,(H,34,38);1H. The number of carbonyl (C=O) groups excluding carboxylic acids is 2. The maximum Gasteiger partial charge on any atom is 0.256 e. The van der Waals surface area contributed by atoms with E-state index in [2.05, 4.69) is 57.0 Å². The van der Waals surface area contributed by atoms with Gasteiger partial charge in [0.05, 0.1) is 23.4 Å². The Morgan fingerprint density at radius 1 is 0.951 bits per heavy atom. The van der Waals surface area contributed by atoms with Gasteiger partial charge in [-0.15, -0.1) is 23.7 Å². The van der Waals surface area contributed by atoms with Crippen molar-refractivity contribution in [2.45, 2.75) is 13.5 Å². The van der Waals surface area contributed by atoms with Crippen molar-refractivity contribution in [3.8, 4) is 11.3 Å². The Hall–Kier alpha value is -4.14. The Morgan fingerprint density at radius 3 is 2.41 bits per heavy atom. The highest BCUT2D eigenvalue weighted by atomic mass is 35.5. The van der Waals surface area contributed by atoms with Crippen LogP contribution in [0.2, 0.25) is 0 Å². The second-order valence-electron chi connectivity index (χ2n) is 10.1. The van der Waals surface area contributed by atoms with Gasteiger partial charge in [-0.1, -0.05) is 48.0 Å². The molecule has 5 aromatic rings. The van der Waals surface area contributed by atoms with Crippen LogP contribution in [0.5, 0.6) is 0 Å². The lowest BCUT2D eigenvalue weighted by Crippen LogP contribution is -2.49. The zero-order chi connectivity index (χ0) is 27.6. The average molecular weight is 586 g/mol. The third kappa shape index (κ3) is 5.71. The van der Waals surface area contributed by atoms with Crippen LogP contribution in [0.1, 0.15) is 31.2 Å². The van der Waals surface area contributed by atoms with E-state index in [9.17, 15) is 9.59 Å². The lowest BCUT2D eigenvalue weighted by molar-refractivity contribution is 0.0748. The highest BCUT2D eigenvalue weighted by molar-refractivity contribution is 7.09. The van der Waals surface area contributed by atoms with Crippen LogP contribution in [0.3, 0.4) is 0 Å². The molecule has 0 saturated carbocycles. The van der Waals surface area contributed by atoms with E-state index < -0.39 is 0 Å². The van der Waals surface area contributed by atoms with Crippen molar-refractivity contribution in [2.24, 2.45) is 7.05 Å². The predicted molar refractivity (Wildman–Crippen MR) is 168 cm³/mol. The van der Waals surface area contributed by atoms with Gasteiger partial charge in [-0.2, -0.15) is 0 Å². The van der Waals surface area contributed by atoms with Crippen molar-refractivity contribution < 1.29 is 9.59 Å². The molecule has 1 aliphatic rings. The first-order valence-corrected chi connectivity index (χ1v) is 14.3. The predicted octanol–water partition coefficient (Wildman–Crippen LogP) is 5.92. The molecule has 2 aromatic carbocycles. The summed E-state index contributed by atoms with van der Waals surface area (Å²) in [5.74, 6) is 0.732. The third-order valence-electron chi connectivity index (χ3n) is 7.52. The molecule has 0 unspecified atom stereocenters. The van der Waals surface area contributed by atoms with E-state index >= 15 is 0 Å². The fourth-order valence-electron chi connectivity index (χ4n) is 5.40. The highest BCUT2D eigenvalue weighted by Gasteiger charge is 2.29. The molecule has 41 heavy (non-hydrogen) atoms. The first-order valence-electron chi connectivity index (χ1n) is 13.4. The van der Waals surface area contributed by atoms with Gasteiger partial charge in [-0.3, -0.25) is 9.59 Å². The summed E-state index contributed by atoms with van der Waals surface area (Å²) in [5.41, 5.74) is 5.46. The van der Waals surface area contributed by atoms with E-state index in [-0.39, 0.29) is 24.2 Å². The number of aromatic nitrogens is 2. The number of pyridine rings is 1. The topological polar surface area (TPSA) is 70.5 Å². The smallest absolute Gasteiger partial charge is 0.256 e. The lowest BCUT2D eigenvalue weighted by atomic mass is 10.0. The number of hydrogen-bond donors (Lipinski definition) is 1. The fourth-order valence-corrected chi connectivity index (χ4v) is 6.04. The third-order valence-corrected chi connectivity index (χ3v) is 8.40. The molecular weight excluding hydrogens is 554 g/mol. The van der Waals surface area contributed by atoms with Crippen molar-refractivity contribution in [1.29, 1.82) is 0 Å². The Labute approximate surface area is 249 Å². The minimum atomic E-state index is -0.137. The van der Waals surface area contributed by atoms with Gasteiger partial charge in [-0.05, 0) is 48.2 Å². The summed E-state index contributed by atoms with van der Waals surface area (Å²) in [7, 11) is 2.03. The monoisotopic (exact) mass is 585 g/mol. The zero-order valence-electron chi connectivity index (χ0n) is 23.0. The lowest BCUT2D eigenvalue weighted by Gasteiger charge is -2.35. The SMILES string of the molecule is Cc1ccc2c(c1)c(C(=O)N1CCN(c3ccc(C(=O)NCc4cccs4)cn3)CC1)c(-c1ccccc1)n2C.Cl.